The number of rotatable bonds is 6. The number of hydrogen-bond acceptors (Lipinski definition) is 9. The maximum atomic E-state index is 11.4. The van der Waals surface area contributed by atoms with E-state index in [1.807, 2.05) is 11.4 Å². The first-order valence-electron chi connectivity index (χ1n) is 8.87. The van der Waals surface area contributed by atoms with E-state index in [1.165, 1.54) is 17.5 Å². The Morgan fingerprint density at radius 2 is 2.10 bits per heavy atom. The molecular formula is C18H19N7O3S. The summed E-state index contributed by atoms with van der Waals surface area (Å²) in [6.07, 6.45) is 0.803. The van der Waals surface area contributed by atoms with Crippen molar-refractivity contribution in [1.82, 2.24) is 19.9 Å². The van der Waals surface area contributed by atoms with Gasteiger partial charge in [-0.05, 0) is 23.6 Å². The number of hydrogen-bond donors (Lipinski definition) is 4. The lowest BCUT2D eigenvalue weighted by molar-refractivity contribution is -0.118. The number of carbonyl (C=O) groups is 2. The summed E-state index contributed by atoms with van der Waals surface area (Å²) in [6, 6.07) is 4.79. The molecule has 0 radical (unpaired) electrons. The van der Waals surface area contributed by atoms with Crippen molar-refractivity contribution >= 4 is 39.2 Å². The van der Waals surface area contributed by atoms with Gasteiger partial charge in [0.2, 0.25) is 5.91 Å². The molecule has 0 spiro atoms. The highest BCUT2D eigenvalue weighted by molar-refractivity contribution is 7.17. The Bertz CT molecular complexity index is 1090. The molecule has 1 aliphatic rings. The van der Waals surface area contributed by atoms with Gasteiger partial charge in [-0.1, -0.05) is 0 Å². The van der Waals surface area contributed by atoms with E-state index in [0.29, 0.717) is 30.3 Å². The number of fused-ring (bicyclic) bond motifs is 1. The first-order valence-corrected chi connectivity index (χ1v) is 9.75. The number of primary amides is 2. The first-order chi connectivity index (χ1) is 13.9. The first kappa shape index (κ1) is 19.2. The molecule has 2 amide bonds. The van der Waals surface area contributed by atoms with Crippen LogP contribution in [-0.4, -0.2) is 68.6 Å². The van der Waals surface area contributed by atoms with Gasteiger partial charge in [-0.3, -0.25) is 19.5 Å². The van der Waals surface area contributed by atoms with Crippen molar-refractivity contribution in [2.45, 2.75) is 12.1 Å². The number of β-amino-alcohol motifs (C(OH)–C–C–N with tert-alkyl or cyclic N) is 1. The second-order valence-corrected chi connectivity index (χ2v) is 7.72. The highest BCUT2D eigenvalue weighted by Gasteiger charge is 2.32. The quantitative estimate of drug-likeness (QED) is 0.432. The molecule has 29 heavy (non-hydrogen) atoms. The van der Waals surface area contributed by atoms with Gasteiger partial charge in [0.25, 0.3) is 5.91 Å². The standard InChI is InChI=1S/C18H19N7O3S/c19-14(27)8-25-6-12(13(26)7-25)23-18-15-10(2-4-29-15)22-17(24-18)9-1-3-21-11(5-9)16(20)28/h1-5,12-13,26H,6-8H2,(H2,19,27)(H2,20,28)(H,22,23,24)/t12-,13-/m0/s1. The number of pyridine rings is 1. The van der Waals surface area contributed by atoms with E-state index >= 15 is 0 Å². The zero-order valence-electron chi connectivity index (χ0n) is 15.3. The molecule has 1 fully saturated rings. The minimum absolute atomic E-state index is 0.0889. The van der Waals surface area contributed by atoms with Crippen LogP contribution in [0.25, 0.3) is 21.6 Å². The van der Waals surface area contributed by atoms with E-state index in [2.05, 4.69) is 20.3 Å². The molecule has 11 heteroatoms. The van der Waals surface area contributed by atoms with Crippen LogP contribution in [0, 0.1) is 0 Å². The Balaban J connectivity index is 1.66. The van der Waals surface area contributed by atoms with Crippen molar-refractivity contribution in [2.24, 2.45) is 11.5 Å². The van der Waals surface area contributed by atoms with Crippen LogP contribution in [0.4, 0.5) is 5.82 Å². The summed E-state index contributed by atoms with van der Waals surface area (Å²) >= 11 is 1.48. The van der Waals surface area contributed by atoms with Gasteiger partial charge in [0.1, 0.15) is 11.5 Å². The number of anilines is 1. The maximum Gasteiger partial charge on any atom is 0.267 e. The summed E-state index contributed by atoms with van der Waals surface area (Å²) in [5.74, 6) is -0.0941. The Morgan fingerprint density at radius 1 is 1.28 bits per heavy atom. The molecule has 1 saturated heterocycles. The number of nitrogens with one attached hydrogen (secondary N) is 1. The molecule has 4 rings (SSSR count). The molecule has 2 atom stereocenters. The number of carbonyl (C=O) groups excluding carboxylic acids is 2. The van der Waals surface area contributed by atoms with Crippen LogP contribution in [0.15, 0.2) is 29.8 Å². The van der Waals surface area contributed by atoms with Crippen LogP contribution in [0.2, 0.25) is 0 Å². The number of aliphatic hydroxyl groups is 1. The number of aliphatic hydroxyl groups excluding tert-OH is 1. The van der Waals surface area contributed by atoms with Crippen LogP contribution in [-0.2, 0) is 4.79 Å². The van der Waals surface area contributed by atoms with Gasteiger partial charge in [0, 0.05) is 24.8 Å². The molecule has 150 valence electrons. The van der Waals surface area contributed by atoms with Gasteiger partial charge in [-0.25, -0.2) is 9.97 Å². The lowest BCUT2D eigenvalue weighted by Gasteiger charge is -2.17. The fourth-order valence-electron chi connectivity index (χ4n) is 3.33. The van der Waals surface area contributed by atoms with Gasteiger partial charge >= 0.3 is 0 Å². The SMILES string of the molecule is NC(=O)CN1C[C@H](Nc2nc(-c3ccnc(C(N)=O)c3)nc3ccsc23)[C@@H](O)C1. The molecule has 0 saturated carbocycles. The maximum absolute atomic E-state index is 11.4. The van der Waals surface area contributed by atoms with E-state index < -0.39 is 17.9 Å². The van der Waals surface area contributed by atoms with Gasteiger partial charge in [-0.15, -0.1) is 11.3 Å². The largest absolute Gasteiger partial charge is 0.390 e. The predicted octanol–water partition coefficient (Wildman–Crippen LogP) is -0.205. The highest BCUT2D eigenvalue weighted by atomic mass is 32.1. The van der Waals surface area contributed by atoms with Gasteiger partial charge in [0.15, 0.2) is 5.82 Å². The molecule has 6 N–H and O–H groups in total. The molecule has 0 unspecified atom stereocenters. The number of nitrogens with two attached hydrogens (primary N) is 2. The van der Waals surface area contributed by atoms with Crippen molar-refractivity contribution < 1.29 is 14.7 Å². The van der Waals surface area contributed by atoms with Crippen molar-refractivity contribution in [2.75, 3.05) is 25.0 Å². The molecule has 4 heterocycles. The summed E-state index contributed by atoms with van der Waals surface area (Å²) < 4.78 is 0.846. The number of aromatic nitrogens is 3. The molecule has 3 aromatic rings. The minimum Gasteiger partial charge on any atom is -0.390 e. The van der Waals surface area contributed by atoms with Crippen molar-refractivity contribution in [1.29, 1.82) is 0 Å². The zero-order chi connectivity index (χ0) is 20.5. The summed E-state index contributed by atoms with van der Waals surface area (Å²) in [4.78, 5) is 37.5. The third-order valence-corrected chi connectivity index (χ3v) is 5.55. The Kier molecular flexibility index (Phi) is 5.09. The van der Waals surface area contributed by atoms with Gasteiger partial charge in [0.05, 0.1) is 28.9 Å². The Morgan fingerprint density at radius 3 is 2.86 bits per heavy atom. The molecule has 10 nitrogen and oxygen atoms in total. The molecule has 0 bridgehead atoms. The monoisotopic (exact) mass is 413 g/mol. The summed E-state index contributed by atoms with van der Waals surface area (Å²) in [5, 5.41) is 15.6. The van der Waals surface area contributed by atoms with Gasteiger partial charge < -0.3 is 21.9 Å². The van der Waals surface area contributed by atoms with E-state index in [4.69, 9.17) is 11.5 Å². The van der Waals surface area contributed by atoms with E-state index in [1.54, 1.807) is 17.0 Å². The molecule has 0 aromatic carbocycles. The van der Waals surface area contributed by atoms with E-state index in [9.17, 15) is 14.7 Å². The van der Waals surface area contributed by atoms with Crippen LogP contribution < -0.4 is 16.8 Å². The topological polar surface area (TPSA) is 160 Å². The number of thiophene rings is 1. The fraction of sp³-hybridized carbons (Fsp3) is 0.278. The predicted molar refractivity (Wildman–Crippen MR) is 108 cm³/mol. The third kappa shape index (κ3) is 4.01. The van der Waals surface area contributed by atoms with Crippen LogP contribution in [0.3, 0.4) is 0 Å². The second-order valence-electron chi connectivity index (χ2n) is 6.80. The Hall–Kier alpha value is -3.15. The summed E-state index contributed by atoms with van der Waals surface area (Å²) in [5.41, 5.74) is 12.0. The van der Waals surface area contributed by atoms with Crippen LogP contribution >= 0.6 is 11.3 Å². The number of nitrogens with zero attached hydrogens (tertiary/aromatic N) is 4. The fourth-order valence-corrected chi connectivity index (χ4v) is 4.11. The van der Waals surface area contributed by atoms with E-state index in [0.717, 1.165) is 10.2 Å². The molecular weight excluding hydrogens is 394 g/mol. The van der Waals surface area contributed by atoms with Crippen molar-refractivity contribution in [3.8, 4) is 11.4 Å². The molecule has 0 aliphatic carbocycles. The lowest BCUT2D eigenvalue weighted by atomic mass is 10.2. The van der Waals surface area contributed by atoms with Crippen LogP contribution in [0.1, 0.15) is 10.5 Å². The third-order valence-electron chi connectivity index (χ3n) is 4.64. The number of amides is 2. The zero-order valence-corrected chi connectivity index (χ0v) is 16.1. The Labute approximate surface area is 169 Å². The average molecular weight is 413 g/mol. The summed E-state index contributed by atoms with van der Waals surface area (Å²) in [6.45, 7) is 0.890. The average Bonchev–Trinajstić information content (AvgIpc) is 3.28. The normalized spacial score (nSPS) is 19.5. The van der Waals surface area contributed by atoms with E-state index in [-0.39, 0.29) is 18.3 Å². The summed E-state index contributed by atoms with van der Waals surface area (Å²) in [7, 11) is 0. The van der Waals surface area contributed by atoms with Crippen molar-refractivity contribution in [3.63, 3.8) is 0 Å². The lowest BCUT2D eigenvalue weighted by Crippen LogP contribution is -2.34. The highest BCUT2D eigenvalue weighted by Crippen LogP contribution is 2.30. The smallest absolute Gasteiger partial charge is 0.267 e. The minimum atomic E-state index is -0.676. The molecule has 1 aliphatic heterocycles. The second kappa shape index (κ2) is 7.70. The molecule has 3 aromatic heterocycles. The van der Waals surface area contributed by atoms with Crippen LogP contribution in [0.5, 0.6) is 0 Å². The van der Waals surface area contributed by atoms with Crippen molar-refractivity contribution in [3.05, 3.63) is 35.5 Å². The number of likely N-dealkylation sites (tertiary alicyclic amines) is 1. The van der Waals surface area contributed by atoms with Gasteiger partial charge in [-0.2, -0.15) is 0 Å².